The maximum absolute atomic E-state index is 13.1. The molecule has 2 nitrogen and oxygen atoms in total. The Morgan fingerprint density at radius 1 is 1.50 bits per heavy atom. The Hall–Kier alpha value is -1.48. The van der Waals surface area contributed by atoms with Crippen LogP contribution in [0.1, 0.15) is 15.9 Å². The third-order valence-corrected chi connectivity index (χ3v) is 1.82. The van der Waals surface area contributed by atoms with Gasteiger partial charge in [0, 0.05) is 6.54 Å². The van der Waals surface area contributed by atoms with Crippen LogP contribution in [0.4, 0.5) is 4.39 Å². The first-order chi connectivity index (χ1) is 6.79. The molecule has 0 aliphatic heterocycles. The highest BCUT2D eigenvalue weighted by Gasteiger charge is 2.03. The van der Waals surface area contributed by atoms with E-state index in [1.165, 1.54) is 6.07 Å². The zero-order chi connectivity index (χ0) is 10.4. The minimum absolute atomic E-state index is 0.111. The van der Waals surface area contributed by atoms with E-state index in [0.717, 1.165) is 0 Å². The lowest BCUT2D eigenvalue weighted by molar-refractivity contribution is 0.111. The smallest absolute Gasteiger partial charge is 0.153 e. The molecule has 0 atom stereocenters. The summed E-state index contributed by atoms with van der Waals surface area (Å²) in [5.74, 6) is -0.480. The van der Waals surface area contributed by atoms with Crippen LogP contribution in [-0.2, 0) is 0 Å². The molecule has 0 aromatic heterocycles. The van der Waals surface area contributed by atoms with E-state index in [-0.39, 0.29) is 5.56 Å². The average Bonchev–Trinajstić information content (AvgIpc) is 2.18. The Labute approximate surface area is 82.4 Å². The van der Waals surface area contributed by atoms with Crippen molar-refractivity contribution in [1.82, 2.24) is 5.32 Å². The van der Waals surface area contributed by atoms with Gasteiger partial charge in [-0.25, -0.2) is 4.39 Å². The molecule has 0 unspecified atom stereocenters. The summed E-state index contributed by atoms with van der Waals surface area (Å²) in [6, 6.07) is 4.57. The number of hydrogen-bond acceptors (Lipinski definition) is 2. The molecule has 0 saturated carbocycles. The lowest BCUT2D eigenvalue weighted by Crippen LogP contribution is -2.03. The summed E-state index contributed by atoms with van der Waals surface area (Å²) in [6.45, 7) is 0.689. The molecule has 3 heteroatoms. The molecule has 0 spiro atoms. The molecule has 1 N–H and O–H groups in total. The summed E-state index contributed by atoms with van der Waals surface area (Å²) in [5.41, 5.74) is 0.718. The van der Waals surface area contributed by atoms with Crippen LogP contribution in [0.2, 0.25) is 0 Å². The normalized spacial score (nSPS) is 10.7. The Bertz CT molecular complexity index is 347. The van der Waals surface area contributed by atoms with Crippen molar-refractivity contribution < 1.29 is 9.18 Å². The van der Waals surface area contributed by atoms with E-state index in [0.29, 0.717) is 18.4 Å². The van der Waals surface area contributed by atoms with Gasteiger partial charge in [0.2, 0.25) is 0 Å². The molecule has 0 aliphatic rings. The predicted molar refractivity (Wildman–Crippen MR) is 54.7 cm³/mol. The van der Waals surface area contributed by atoms with Gasteiger partial charge in [-0.2, -0.15) is 0 Å². The van der Waals surface area contributed by atoms with E-state index in [2.05, 4.69) is 5.32 Å². The first kappa shape index (κ1) is 10.6. The van der Waals surface area contributed by atoms with Crippen molar-refractivity contribution >= 4 is 12.4 Å². The highest BCUT2D eigenvalue weighted by molar-refractivity contribution is 5.82. The van der Waals surface area contributed by atoms with Crippen LogP contribution in [-0.4, -0.2) is 19.9 Å². The fourth-order valence-corrected chi connectivity index (χ4v) is 1.13. The molecule has 74 valence electrons. The van der Waals surface area contributed by atoms with E-state index in [1.807, 2.05) is 13.1 Å². The number of hydrogen-bond donors (Lipinski definition) is 1. The molecule has 0 amide bonds. The number of rotatable bonds is 4. The zero-order valence-corrected chi connectivity index (χ0v) is 7.96. The van der Waals surface area contributed by atoms with Gasteiger partial charge < -0.3 is 5.32 Å². The molecule has 0 heterocycles. The first-order valence-electron chi connectivity index (χ1n) is 4.34. The number of carbonyl (C=O) groups is 1. The first-order valence-corrected chi connectivity index (χ1v) is 4.34. The molecular weight excluding hydrogens is 181 g/mol. The van der Waals surface area contributed by atoms with Crippen LogP contribution in [0.25, 0.3) is 6.08 Å². The summed E-state index contributed by atoms with van der Waals surface area (Å²) in [4.78, 5) is 10.6. The lowest BCUT2D eigenvalue weighted by atomic mass is 10.1. The van der Waals surface area contributed by atoms with Gasteiger partial charge >= 0.3 is 0 Å². The molecule has 0 radical (unpaired) electrons. The highest BCUT2D eigenvalue weighted by Crippen LogP contribution is 2.12. The van der Waals surface area contributed by atoms with Gasteiger partial charge in [-0.3, -0.25) is 4.79 Å². The van der Waals surface area contributed by atoms with Gasteiger partial charge in [0.05, 0.1) is 5.56 Å². The van der Waals surface area contributed by atoms with Gasteiger partial charge in [0.1, 0.15) is 5.82 Å². The Kier molecular flexibility index (Phi) is 4.01. The largest absolute Gasteiger partial charge is 0.316 e. The minimum atomic E-state index is -0.480. The molecule has 1 aromatic rings. The molecule has 0 bridgehead atoms. The Morgan fingerprint density at radius 3 is 2.93 bits per heavy atom. The van der Waals surface area contributed by atoms with Gasteiger partial charge in [-0.15, -0.1) is 0 Å². The van der Waals surface area contributed by atoms with Crippen LogP contribution in [0, 0.1) is 5.82 Å². The topological polar surface area (TPSA) is 29.1 Å². The summed E-state index contributed by atoms with van der Waals surface area (Å²) in [7, 11) is 1.82. The minimum Gasteiger partial charge on any atom is -0.316 e. The quantitative estimate of drug-likeness (QED) is 0.739. The van der Waals surface area contributed by atoms with Gasteiger partial charge in [-0.1, -0.05) is 24.3 Å². The van der Waals surface area contributed by atoms with E-state index in [4.69, 9.17) is 0 Å². The average molecular weight is 193 g/mol. The van der Waals surface area contributed by atoms with Crippen LogP contribution < -0.4 is 5.32 Å². The number of benzene rings is 1. The van der Waals surface area contributed by atoms with Crippen LogP contribution in [0.5, 0.6) is 0 Å². The molecular formula is C11H12FNO. The van der Waals surface area contributed by atoms with Crippen molar-refractivity contribution in [3.63, 3.8) is 0 Å². The highest BCUT2D eigenvalue weighted by atomic mass is 19.1. The summed E-state index contributed by atoms with van der Waals surface area (Å²) in [6.07, 6.45) is 4.10. The molecule has 14 heavy (non-hydrogen) atoms. The number of nitrogens with one attached hydrogen (secondary N) is 1. The van der Waals surface area contributed by atoms with Crippen LogP contribution >= 0.6 is 0 Å². The van der Waals surface area contributed by atoms with Crippen molar-refractivity contribution in [3.05, 3.63) is 41.2 Å². The predicted octanol–water partition coefficient (Wildman–Crippen LogP) is 1.87. The monoisotopic (exact) mass is 193 g/mol. The van der Waals surface area contributed by atoms with Crippen molar-refractivity contribution in [2.45, 2.75) is 0 Å². The molecule has 0 fully saturated rings. The Balaban J connectivity index is 2.96. The van der Waals surface area contributed by atoms with Crippen molar-refractivity contribution in [1.29, 1.82) is 0 Å². The maximum atomic E-state index is 13.1. The lowest BCUT2D eigenvalue weighted by Gasteiger charge is -1.99. The van der Waals surface area contributed by atoms with E-state index >= 15 is 0 Å². The molecule has 0 saturated heterocycles. The van der Waals surface area contributed by atoms with Crippen LogP contribution in [0.15, 0.2) is 24.3 Å². The number of carbonyl (C=O) groups excluding carboxylic acids is 1. The second-order valence-corrected chi connectivity index (χ2v) is 2.82. The number of aldehydes is 1. The van der Waals surface area contributed by atoms with Gasteiger partial charge in [0.25, 0.3) is 0 Å². The summed E-state index contributed by atoms with van der Waals surface area (Å²) >= 11 is 0. The summed E-state index contributed by atoms with van der Waals surface area (Å²) < 4.78 is 13.1. The zero-order valence-electron chi connectivity index (χ0n) is 7.96. The van der Waals surface area contributed by atoms with Crippen molar-refractivity contribution in [3.8, 4) is 0 Å². The Morgan fingerprint density at radius 2 is 2.29 bits per heavy atom. The fraction of sp³-hybridized carbons (Fsp3) is 0.182. The van der Waals surface area contributed by atoms with Gasteiger partial charge in [0.15, 0.2) is 6.29 Å². The van der Waals surface area contributed by atoms with Crippen molar-refractivity contribution in [2.75, 3.05) is 13.6 Å². The molecule has 1 rings (SSSR count). The molecule has 0 aliphatic carbocycles. The fourth-order valence-electron chi connectivity index (χ4n) is 1.13. The van der Waals surface area contributed by atoms with E-state index < -0.39 is 5.82 Å². The second kappa shape index (κ2) is 5.29. The van der Waals surface area contributed by atoms with E-state index in [9.17, 15) is 9.18 Å². The third-order valence-electron chi connectivity index (χ3n) is 1.82. The van der Waals surface area contributed by atoms with Crippen molar-refractivity contribution in [2.24, 2.45) is 0 Å². The third kappa shape index (κ3) is 2.50. The van der Waals surface area contributed by atoms with E-state index in [1.54, 1.807) is 18.2 Å². The second-order valence-electron chi connectivity index (χ2n) is 2.82. The SMILES string of the molecule is CNCC=Cc1cccc(F)c1C=O. The number of likely N-dealkylation sites (N-methyl/N-ethyl adjacent to an activating group) is 1. The number of halogens is 1. The molecule has 1 aromatic carbocycles. The van der Waals surface area contributed by atoms with Crippen LogP contribution in [0.3, 0.4) is 0 Å². The van der Waals surface area contributed by atoms with Gasteiger partial charge in [-0.05, 0) is 18.7 Å². The standard InChI is InChI=1S/C11H12FNO/c1-13-7-3-5-9-4-2-6-11(12)10(9)8-14/h2-6,8,13H,7H2,1H3. The maximum Gasteiger partial charge on any atom is 0.153 e. The summed E-state index contributed by atoms with van der Waals surface area (Å²) in [5, 5.41) is 2.92.